The maximum atomic E-state index is 12.7. The van der Waals surface area contributed by atoms with Crippen molar-refractivity contribution < 1.29 is 9.59 Å². The molecule has 6 heteroatoms. The summed E-state index contributed by atoms with van der Waals surface area (Å²) in [7, 11) is 0. The molecular weight excluding hydrogens is 268 g/mol. The van der Waals surface area contributed by atoms with E-state index < -0.39 is 5.54 Å². The van der Waals surface area contributed by atoms with Gasteiger partial charge >= 0.3 is 6.03 Å². The van der Waals surface area contributed by atoms with Gasteiger partial charge in [-0.15, -0.1) is 0 Å². The van der Waals surface area contributed by atoms with Crippen LogP contribution in [0.15, 0.2) is 0 Å². The number of piperidine rings is 1. The monoisotopic (exact) mass is 296 g/mol. The van der Waals surface area contributed by atoms with Crippen LogP contribution in [0.5, 0.6) is 0 Å². The van der Waals surface area contributed by atoms with Crippen molar-refractivity contribution in [2.45, 2.75) is 57.5 Å². The molecule has 1 saturated carbocycles. The fourth-order valence-corrected chi connectivity index (χ4v) is 3.30. The van der Waals surface area contributed by atoms with E-state index in [2.05, 4.69) is 28.2 Å². The van der Waals surface area contributed by atoms with Crippen molar-refractivity contribution in [2.75, 3.05) is 19.6 Å². The van der Waals surface area contributed by atoms with Crippen molar-refractivity contribution in [3.05, 3.63) is 0 Å². The lowest BCUT2D eigenvalue weighted by atomic mass is 9.91. The highest BCUT2D eigenvalue weighted by Crippen LogP contribution is 2.30. The van der Waals surface area contributed by atoms with Crippen molar-refractivity contribution in [1.29, 1.82) is 0 Å². The van der Waals surface area contributed by atoms with Crippen molar-refractivity contribution in [2.24, 2.45) is 5.92 Å². The molecule has 2 atom stereocenters. The van der Waals surface area contributed by atoms with Gasteiger partial charge in [0.2, 0.25) is 5.91 Å². The predicted octanol–water partition coefficient (Wildman–Crippen LogP) is 0.733. The van der Waals surface area contributed by atoms with Crippen molar-refractivity contribution in [1.82, 2.24) is 21.3 Å². The third-order valence-electron chi connectivity index (χ3n) is 4.73. The van der Waals surface area contributed by atoms with E-state index in [1.807, 2.05) is 6.92 Å². The van der Waals surface area contributed by atoms with Crippen LogP contribution in [-0.2, 0) is 4.79 Å². The molecule has 3 amide bonds. The van der Waals surface area contributed by atoms with Gasteiger partial charge in [-0.05, 0) is 38.6 Å². The first-order valence-corrected chi connectivity index (χ1v) is 8.15. The third kappa shape index (κ3) is 3.87. The molecule has 0 aromatic heterocycles. The maximum Gasteiger partial charge on any atom is 0.315 e. The van der Waals surface area contributed by atoms with Gasteiger partial charge in [0.25, 0.3) is 0 Å². The fraction of sp³-hybridized carbons (Fsp3) is 0.867. The Morgan fingerprint density at radius 1 is 1.29 bits per heavy atom. The van der Waals surface area contributed by atoms with Gasteiger partial charge in [-0.25, -0.2) is 4.79 Å². The average Bonchev–Trinajstić information content (AvgIpc) is 2.91. The molecule has 1 heterocycles. The molecule has 2 rings (SSSR count). The highest BCUT2D eigenvalue weighted by atomic mass is 16.2. The molecule has 120 valence electrons. The molecule has 0 aromatic rings. The van der Waals surface area contributed by atoms with Crippen LogP contribution in [0.3, 0.4) is 0 Å². The van der Waals surface area contributed by atoms with Crippen LogP contribution in [0, 0.1) is 5.92 Å². The summed E-state index contributed by atoms with van der Waals surface area (Å²) in [5.74, 6) is 0.449. The highest BCUT2D eigenvalue weighted by Gasteiger charge is 2.43. The van der Waals surface area contributed by atoms with Gasteiger partial charge in [-0.3, -0.25) is 4.79 Å². The Kier molecular flexibility index (Phi) is 5.45. The van der Waals surface area contributed by atoms with Crippen LogP contribution in [0.1, 0.15) is 46.0 Å². The Balaban J connectivity index is 1.99. The van der Waals surface area contributed by atoms with E-state index in [4.69, 9.17) is 0 Å². The Morgan fingerprint density at radius 3 is 2.62 bits per heavy atom. The minimum absolute atomic E-state index is 0.0215. The first-order chi connectivity index (χ1) is 10.1. The SMILES string of the molecule is CCNC(=O)NC1(C(=O)NC2CNCCC2C)CCCC1. The fourth-order valence-electron chi connectivity index (χ4n) is 3.30. The van der Waals surface area contributed by atoms with E-state index in [0.717, 1.165) is 45.2 Å². The summed E-state index contributed by atoms with van der Waals surface area (Å²) in [4.78, 5) is 24.6. The normalized spacial score (nSPS) is 27.9. The summed E-state index contributed by atoms with van der Waals surface area (Å²) in [6, 6.07) is -0.0934. The van der Waals surface area contributed by atoms with Crippen molar-refractivity contribution >= 4 is 11.9 Å². The topological polar surface area (TPSA) is 82.3 Å². The number of carbonyl (C=O) groups is 2. The zero-order valence-electron chi connectivity index (χ0n) is 13.1. The zero-order chi connectivity index (χ0) is 15.3. The average molecular weight is 296 g/mol. The molecule has 0 radical (unpaired) electrons. The van der Waals surface area contributed by atoms with Gasteiger partial charge in [-0.1, -0.05) is 19.8 Å². The van der Waals surface area contributed by atoms with E-state index in [1.54, 1.807) is 0 Å². The third-order valence-corrected chi connectivity index (χ3v) is 4.73. The lowest BCUT2D eigenvalue weighted by Crippen LogP contribution is -2.62. The Morgan fingerprint density at radius 2 is 2.00 bits per heavy atom. The number of hydrogen-bond donors (Lipinski definition) is 4. The Bertz CT molecular complexity index is 380. The van der Waals surface area contributed by atoms with Gasteiger partial charge in [-0.2, -0.15) is 0 Å². The quantitative estimate of drug-likeness (QED) is 0.617. The summed E-state index contributed by atoms with van der Waals surface area (Å²) < 4.78 is 0. The highest BCUT2D eigenvalue weighted by molar-refractivity contribution is 5.91. The molecule has 6 nitrogen and oxygen atoms in total. The van der Waals surface area contributed by atoms with Crippen LogP contribution in [0.25, 0.3) is 0 Å². The first kappa shape index (κ1) is 16.1. The molecule has 21 heavy (non-hydrogen) atoms. The van der Waals surface area contributed by atoms with Gasteiger partial charge in [0.15, 0.2) is 0 Å². The number of hydrogen-bond acceptors (Lipinski definition) is 3. The standard InChI is InChI=1S/C15H28N4O2/c1-3-17-14(21)19-15(7-4-5-8-15)13(20)18-12-10-16-9-6-11(12)2/h11-12,16H,3-10H2,1-2H3,(H,18,20)(H2,17,19,21). The smallest absolute Gasteiger partial charge is 0.315 e. The van der Waals surface area contributed by atoms with Crippen LogP contribution in [0.4, 0.5) is 4.79 Å². The first-order valence-electron chi connectivity index (χ1n) is 8.15. The molecule has 1 aliphatic heterocycles. The second kappa shape index (κ2) is 7.11. The Hall–Kier alpha value is -1.30. The molecule has 2 aliphatic rings. The molecular formula is C15H28N4O2. The lowest BCUT2D eigenvalue weighted by molar-refractivity contribution is -0.128. The minimum atomic E-state index is -0.726. The second-order valence-electron chi connectivity index (χ2n) is 6.32. The van der Waals surface area contributed by atoms with Gasteiger partial charge in [0.05, 0.1) is 0 Å². The summed E-state index contributed by atoms with van der Waals surface area (Å²) in [6.45, 7) is 6.42. The van der Waals surface area contributed by atoms with E-state index >= 15 is 0 Å². The summed E-state index contributed by atoms with van der Waals surface area (Å²) in [6.07, 6.45) is 4.49. The Labute approximate surface area is 126 Å². The lowest BCUT2D eigenvalue weighted by Gasteiger charge is -2.35. The largest absolute Gasteiger partial charge is 0.350 e. The zero-order valence-corrected chi connectivity index (χ0v) is 13.1. The van der Waals surface area contributed by atoms with Gasteiger partial charge in [0, 0.05) is 19.1 Å². The molecule has 2 unspecified atom stereocenters. The number of amides is 3. The van der Waals surface area contributed by atoms with E-state index in [9.17, 15) is 9.59 Å². The number of carbonyl (C=O) groups excluding carboxylic acids is 2. The molecule has 4 N–H and O–H groups in total. The van der Waals surface area contributed by atoms with Crippen LogP contribution < -0.4 is 21.3 Å². The number of rotatable bonds is 4. The maximum absolute atomic E-state index is 12.7. The summed E-state index contributed by atoms with van der Waals surface area (Å²) in [5.41, 5.74) is -0.726. The second-order valence-corrected chi connectivity index (χ2v) is 6.32. The van der Waals surface area contributed by atoms with E-state index in [-0.39, 0.29) is 18.0 Å². The van der Waals surface area contributed by atoms with Crippen LogP contribution in [0.2, 0.25) is 0 Å². The minimum Gasteiger partial charge on any atom is -0.350 e. The van der Waals surface area contributed by atoms with Crippen molar-refractivity contribution in [3.8, 4) is 0 Å². The van der Waals surface area contributed by atoms with Gasteiger partial charge in [0.1, 0.15) is 5.54 Å². The molecule has 1 aliphatic carbocycles. The molecule has 0 aromatic carbocycles. The van der Waals surface area contributed by atoms with E-state index in [0.29, 0.717) is 12.5 Å². The molecule has 2 fully saturated rings. The van der Waals surface area contributed by atoms with Crippen molar-refractivity contribution in [3.63, 3.8) is 0 Å². The number of nitrogens with one attached hydrogen (secondary N) is 4. The van der Waals surface area contributed by atoms with Crippen LogP contribution >= 0.6 is 0 Å². The molecule has 1 saturated heterocycles. The number of urea groups is 1. The summed E-state index contributed by atoms with van der Waals surface area (Å²) in [5, 5.41) is 12.1. The van der Waals surface area contributed by atoms with E-state index in [1.165, 1.54) is 0 Å². The molecule has 0 spiro atoms. The molecule has 0 bridgehead atoms. The van der Waals surface area contributed by atoms with Crippen LogP contribution in [-0.4, -0.2) is 43.2 Å². The summed E-state index contributed by atoms with van der Waals surface area (Å²) >= 11 is 0. The predicted molar refractivity (Wildman–Crippen MR) is 82.0 cm³/mol. The van der Waals surface area contributed by atoms with Gasteiger partial charge < -0.3 is 21.3 Å².